The Morgan fingerprint density at radius 3 is 2.44 bits per heavy atom. The number of hydrogen-bond acceptors (Lipinski definition) is 4. The highest BCUT2D eigenvalue weighted by Crippen LogP contribution is 2.47. The van der Waals surface area contributed by atoms with E-state index in [1.165, 1.54) is 6.42 Å². The van der Waals surface area contributed by atoms with Gasteiger partial charge in [0.1, 0.15) is 11.9 Å². The molecule has 3 fully saturated rings. The van der Waals surface area contributed by atoms with Gasteiger partial charge in [-0.1, -0.05) is 12.1 Å². The zero-order valence-corrected chi connectivity index (χ0v) is 19.4. The lowest BCUT2D eigenvalue weighted by atomic mass is 9.93. The summed E-state index contributed by atoms with van der Waals surface area (Å²) >= 11 is 0. The summed E-state index contributed by atoms with van der Waals surface area (Å²) in [5, 5.41) is 7.01. The fourth-order valence-corrected chi connectivity index (χ4v) is 5.00. The van der Waals surface area contributed by atoms with Crippen molar-refractivity contribution in [3.05, 3.63) is 42.5 Å². The summed E-state index contributed by atoms with van der Waals surface area (Å²) < 4.78 is 14.1. The highest BCUT2D eigenvalue weighted by atomic mass is 16.5. The van der Waals surface area contributed by atoms with Crippen LogP contribution < -0.4 is 21.1 Å². The van der Waals surface area contributed by atoms with Crippen LogP contribution >= 0.6 is 0 Å². The summed E-state index contributed by atoms with van der Waals surface area (Å²) in [4.78, 5) is 12.2. The summed E-state index contributed by atoms with van der Waals surface area (Å²) in [5.74, 6) is 0.891. The molecule has 2 heterocycles. The van der Waals surface area contributed by atoms with E-state index in [2.05, 4.69) is 27.3 Å². The number of nitrogens with one attached hydrogen (secondary N) is 2. The normalized spacial score (nSPS) is 19.1. The Morgan fingerprint density at radius 1 is 1.00 bits per heavy atom. The van der Waals surface area contributed by atoms with Gasteiger partial charge in [0.15, 0.2) is 0 Å². The molecule has 34 heavy (non-hydrogen) atoms. The smallest absolute Gasteiger partial charge is 0.319 e. The van der Waals surface area contributed by atoms with E-state index in [1.807, 2.05) is 30.3 Å². The minimum Gasteiger partial charge on any atom is -0.490 e. The molecule has 0 radical (unpaired) electrons. The molecule has 1 saturated heterocycles. The number of amides is 2. The third-order valence-corrected chi connectivity index (χ3v) is 7.25. The van der Waals surface area contributed by atoms with E-state index in [0.29, 0.717) is 12.1 Å². The zero-order chi connectivity index (χ0) is 23.1. The number of anilines is 2. The number of aromatic nitrogens is 1. The van der Waals surface area contributed by atoms with Crippen LogP contribution in [0.2, 0.25) is 0 Å². The van der Waals surface area contributed by atoms with E-state index in [9.17, 15) is 4.79 Å². The predicted molar refractivity (Wildman–Crippen MR) is 134 cm³/mol. The Bertz CT molecular complexity index is 1190. The third-order valence-electron chi connectivity index (χ3n) is 7.25. The molecule has 7 heteroatoms. The number of rotatable bonds is 6. The molecule has 0 spiro atoms. The molecule has 2 aromatic carbocycles. The van der Waals surface area contributed by atoms with E-state index >= 15 is 0 Å². The van der Waals surface area contributed by atoms with Gasteiger partial charge in [-0.2, -0.15) is 0 Å². The molecule has 0 unspecified atom stereocenters. The molecule has 3 aliphatic rings. The zero-order valence-electron chi connectivity index (χ0n) is 19.4. The van der Waals surface area contributed by atoms with Crippen LogP contribution in [0.4, 0.5) is 16.2 Å². The molecule has 2 aliphatic carbocycles. The lowest BCUT2D eigenvalue weighted by molar-refractivity contribution is 0.0256. The van der Waals surface area contributed by atoms with E-state index in [0.717, 1.165) is 91.0 Å². The van der Waals surface area contributed by atoms with Gasteiger partial charge in [-0.25, -0.2) is 4.79 Å². The van der Waals surface area contributed by atoms with Crippen LogP contribution in [0, 0.1) is 0 Å². The van der Waals surface area contributed by atoms with Gasteiger partial charge >= 0.3 is 6.03 Å². The van der Waals surface area contributed by atoms with Gasteiger partial charge in [0, 0.05) is 47.6 Å². The number of carbonyl (C=O) groups is 1. The van der Waals surface area contributed by atoms with Crippen molar-refractivity contribution in [2.45, 2.75) is 63.1 Å². The second-order valence-electron chi connectivity index (χ2n) is 9.78. The Labute approximate surface area is 199 Å². The molecule has 0 bridgehead atoms. The first kappa shape index (κ1) is 21.4. The Balaban J connectivity index is 1.27. The largest absolute Gasteiger partial charge is 0.490 e. The van der Waals surface area contributed by atoms with E-state index < -0.39 is 0 Å². The van der Waals surface area contributed by atoms with Crippen molar-refractivity contribution < 1.29 is 14.3 Å². The summed E-state index contributed by atoms with van der Waals surface area (Å²) in [6.07, 6.45) is 7.69. The van der Waals surface area contributed by atoms with Crippen LogP contribution in [0.25, 0.3) is 22.2 Å². The summed E-state index contributed by atoms with van der Waals surface area (Å²) in [6.45, 7) is 1.52. The van der Waals surface area contributed by atoms with Crippen LogP contribution in [0.3, 0.4) is 0 Å². The van der Waals surface area contributed by atoms with Crippen molar-refractivity contribution >= 4 is 28.3 Å². The molecular formula is C27H32N4O3. The summed E-state index contributed by atoms with van der Waals surface area (Å²) in [5.41, 5.74) is 11.5. The van der Waals surface area contributed by atoms with E-state index in [4.69, 9.17) is 15.2 Å². The van der Waals surface area contributed by atoms with Gasteiger partial charge < -0.3 is 30.4 Å². The van der Waals surface area contributed by atoms with Crippen molar-refractivity contribution in [1.82, 2.24) is 9.88 Å². The van der Waals surface area contributed by atoms with Crippen molar-refractivity contribution in [2.75, 3.05) is 24.3 Å². The fourth-order valence-electron chi connectivity index (χ4n) is 5.00. The van der Waals surface area contributed by atoms with Gasteiger partial charge in [-0.3, -0.25) is 0 Å². The molecular weight excluding hydrogens is 428 g/mol. The molecule has 0 atom stereocenters. The topological polar surface area (TPSA) is 90.5 Å². The number of urea groups is 1. The second-order valence-corrected chi connectivity index (χ2v) is 9.78. The number of hydrogen-bond donors (Lipinski definition) is 3. The van der Waals surface area contributed by atoms with Crippen molar-refractivity contribution in [3.8, 4) is 17.0 Å². The minimum absolute atomic E-state index is 0.138. The number of nitrogens with zero attached hydrogens (tertiary/aromatic N) is 1. The van der Waals surface area contributed by atoms with Crippen LogP contribution in [0.5, 0.6) is 5.75 Å². The number of nitrogens with two attached hydrogens (primary N) is 1. The molecule has 1 aliphatic heterocycles. The number of benzene rings is 2. The maximum Gasteiger partial charge on any atom is 0.319 e. The minimum atomic E-state index is -0.138. The highest BCUT2D eigenvalue weighted by Gasteiger charge is 2.30. The molecule has 6 rings (SSSR count). The Kier molecular flexibility index (Phi) is 5.57. The molecule has 3 aromatic rings. The lowest BCUT2D eigenvalue weighted by Crippen LogP contribution is -2.41. The van der Waals surface area contributed by atoms with Crippen LogP contribution in [-0.4, -0.2) is 36.0 Å². The van der Waals surface area contributed by atoms with Crippen molar-refractivity contribution in [3.63, 3.8) is 0 Å². The van der Waals surface area contributed by atoms with Crippen LogP contribution in [0.1, 0.15) is 51.0 Å². The monoisotopic (exact) mass is 460 g/mol. The van der Waals surface area contributed by atoms with Crippen LogP contribution in [0.15, 0.2) is 42.5 Å². The molecule has 178 valence electrons. The first-order chi connectivity index (χ1) is 16.7. The third kappa shape index (κ3) is 4.20. The quantitative estimate of drug-likeness (QED) is 0.456. The maximum absolute atomic E-state index is 12.2. The predicted octanol–water partition coefficient (Wildman–Crippen LogP) is 5.46. The van der Waals surface area contributed by atoms with Crippen molar-refractivity contribution in [1.29, 1.82) is 0 Å². The SMILES string of the molecule is Nc1c(-c2ccc(NC(=O)NC3CCC3)cc2)n(C2CC2)c2cc(OC3CCOCC3)ccc12. The highest BCUT2D eigenvalue weighted by molar-refractivity contribution is 6.02. The average molecular weight is 461 g/mol. The molecule has 2 saturated carbocycles. The first-order valence-electron chi connectivity index (χ1n) is 12.5. The Morgan fingerprint density at radius 2 is 1.76 bits per heavy atom. The van der Waals surface area contributed by atoms with Crippen molar-refractivity contribution in [2.24, 2.45) is 0 Å². The number of ether oxygens (including phenoxy) is 2. The van der Waals surface area contributed by atoms with Gasteiger partial charge in [-0.05, 0) is 56.4 Å². The average Bonchev–Trinajstić information content (AvgIpc) is 3.62. The number of nitrogen functional groups attached to an aromatic ring is 1. The molecule has 7 nitrogen and oxygen atoms in total. The lowest BCUT2D eigenvalue weighted by Gasteiger charge is -2.26. The number of carbonyl (C=O) groups excluding carboxylic acids is 1. The van der Waals surface area contributed by atoms with E-state index in [1.54, 1.807) is 0 Å². The molecule has 4 N–H and O–H groups in total. The Hall–Kier alpha value is -3.19. The fraction of sp³-hybridized carbons (Fsp3) is 0.444. The molecule has 2 amide bonds. The van der Waals surface area contributed by atoms with Gasteiger partial charge in [-0.15, -0.1) is 0 Å². The molecule has 1 aromatic heterocycles. The second kappa shape index (κ2) is 8.87. The first-order valence-corrected chi connectivity index (χ1v) is 12.5. The summed E-state index contributed by atoms with van der Waals surface area (Å²) in [6, 6.07) is 14.9. The van der Waals surface area contributed by atoms with Crippen LogP contribution in [-0.2, 0) is 4.74 Å². The maximum atomic E-state index is 12.2. The van der Waals surface area contributed by atoms with Gasteiger partial charge in [0.05, 0.1) is 30.1 Å². The van der Waals surface area contributed by atoms with Gasteiger partial charge in [0.25, 0.3) is 0 Å². The number of fused-ring (bicyclic) bond motifs is 1. The van der Waals surface area contributed by atoms with Gasteiger partial charge in [0.2, 0.25) is 0 Å². The van der Waals surface area contributed by atoms with E-state index in [-0.39, 0.29) is 12.1 Å². The standard InChI is InChI=1S/C27H32N4O3/c28-25-23-11-10-22(34-21-12-14-33-15-13-21)16-24(23)31(20-8-9-20)26(25)17-4-6-19(7-5-17)30-27(32)29-18-2-1-3-18/h4-7,10-11,16,18,20-21H,1-3,8-9,12-15,28H2,(H2,29,30,32). The summed E-state index contributed by atoms with van der Waals surface area (Å²) in [7, 11) is 0.